The largest absolute Gasteiger partial charge is 0.494 e. The van der Waals surface area contributed by atoms with Crippen LogP contribution in [0.25, 0.3) is 0 Å². The Labute approximate surface area is 220 Å². The van der Waals surface area contributed by atoms with Gasteiger partial charge in [0, 0.05) is 18.7 Å². The molecule has 0 radical (unpaired) electrons. The van der Waals surface area contributed by atoms with Gasteiger partial charge in [0.2, 0.25) is 17.7 Å². The van der Waals surface area contributed by atoms with Crippen LogP contribution in [0.3, 0.4) is 0 Å². The number of amides is 3. The molecule has 4 aliphatic carbocycles. The molecule has 0 unspecified atom stereocenters. The van der Waals surface area contributed by atoms with Crippen LogP contribution in [0.15, 0.2) is 60.7 Å². The van der Waals surface area contributed by atoms with E-state index in [4.69, 9.17) is 9.47 Å². The van der Waals surface area contributed by atoms with Gasteiger partial charge in [-0.15, -0.1) is 0 Å². The predicted molar refractivity (Wildman–Crippen MR) is 137 cm³/mol. The highest BCUT2D eigenvalue weighted by Gasteiger charge is 2.67. The van der Waals surface area contributed by atoms with Crippen LogP contribution in [0.2, 0.25) is 0 Å². The Morgan fingerprint density at radius 3 is 2.03 bits per heavy atom. The van der Waals surface area contributed by atoms with Crippen LogP contribution in [0.4, 0.5) is 11.4 Å². The molecule has 0 spiro atoms. The third kappa shape index (κ3) is 3.50. The van der Waals surface area contributed by atoms with E-state index in [0.29, 0.717) is 35.6 Å². The van der Waals surface area contributed by atoms with Gasteiger partial charge in [-0.25, -0.2) is 0 Å². The van der Waals surface area contributed by atoms with Crippen molar-refractivity contribution in [3.05, 3.63) is 60.7 Å². The van der Waals surface area contributed by atoms with Gasteiger partial charge in [-0.3, -0.25) is 24.1 Å². The smallest absolute Gasteiger partial charge is 0.316 e. The lowest BCUT2D eigenvalue weighted by molar-refractivity contribution is -0.139. The van der Waals surface area contributed by atoms with E-state index < -0.39 is 11.9 Å². The highest BCUT2D eigenvalue weighted by Crippen LogP contribution is 2.65. The van der Waals surface area contributed by atoms with Gasteiger partial charge in [-0.2, -0.15) is 0 Å². The van der Waals surface area contributed by atoms with Crippen molar-refractivity contribution in [3.63, 3.8) is 0 Å². The Morgan fingerprint density at radius 1 is 0.842 bits per heavy atom. The number of esters is 1. The van der Waals surface area contributed by atoms with Gasteiger partial charge in [0.05, 0.1) is 30.0 Å². The van der Waals surface area contributed by atoms with Crippen molar-refractivity contribution in [2.24, 2.45) is 41.4 Å². The topological polar surface area (TPSA) is 93.2 Å². The van der Waals surface area contributed by atoms with Crippen molar-refractivity contribution < 1.29 is 28.7 Å². The zero-order valence-electron chi connectivity index (χ0n) is 21.0. The molecule has 2 aromatic rings. The molecule has 8 heteroatoms. The van der Waals surface area contributed by atoms with Crippen molar-refractivity contribution >= 4 is 35.1 Å². The molecule has 194 valence electrons. The van der Waals surface area contributed by atoms with Crippen LogP contribution in [-0.2, 0) is 19.2 Å². The van der Waals surface area contributed by atoms with Crippen molar-refractivity contribution in [3.8, 4) is 11.5 Å². The van der Waals surface area contributed by atoms with Crippen molar-refractivity contribution in [1.82, 2.24) is 0 Å². The summed E-state index contributed by atoms with van der Waals surface area (Å²) in [6.45, 7) is 2.70. The van der Waals surface area contributed by atoms with Crippen LogP contribution >= 0.6 is 0 Å². The summed E-state index contributed by atoms with van der Waals surface area (Å²) < 4.78 is 11.0. The molecule has 3 amide bonds. The number of hydrogen-bond acceptors (Lipinski definition) is 6. The summed E-state index contributed by atoms with van der Waals surface area (Å²) in [5.41, 5.74) is 1.21. The quantitative estimate of drug-likeness (QED) is 0.254. The monoisotopic (exact) mass is 512 g/mol. The van der Waals surface area contributed by atoms with E-state index in [1.54, 1.807) is 53.4 Å². The van der Waals surface area contributed by atoms with Crippen molar-refractivity contribution in [2.75, 3.05) is 23.0 Å². The number of ether oxygens (including phenoxy) is 2. The molecule has 38 heavy (non-hydrogen) atoms. The number of carbonyl (C=O) groups is 4. The second-order valence-corrected chi connectivity index (χ2v) is 10.9. The van der Waals surface area contributed by atoms with Gasteiger partial charge in [0.1, 0.15) is 11.5 Å². The number of hydrogen-bond donors (Lipinski definition) is 0. The van der Waals surface area contributed by atoms with Gasteiger partial charge in [-0.05, 0) is 85.5 Å². The molecule has 8 nitrogen and oxygen atoms in total. The summed E-state index contributed by atoms with van der Waals surface area (Å²) in [6.07, 6.45) is 5.51. The molecule has 0 N–H and O–H groups in total. The van der Waals surface area contributed by atoms with E-state index in [1.807, 2.05) is 6.92 Å². The maximum Gasteiger partial charge on any atom is 0.316 e. The van der Waals surface area contributed by atoms with E-state index in [1.165, 1.54) is 4.90 Å². The maximum atomic E-state index is 13.3. The Morgan fingerprint density at radius 2 is 1.42 bits per heavy atom. The number of allylic oxidation sites excluding steroid dienone is 2. The lowest BCUT2D eigenvalue weighted by atomic mass is 9.63. The fraction of sp³-hybridized carbons (Fsp3) is 0.400. The molecule has 2 aromatic carbocycles. The average molecular weight is 513 g/mol. The third-order valence-electron chi connectivity index (χ3n) is 8.89. The summed E-state index contributed by atoms with van der Waals surface area (Å²) in [6, 6.07) is 13.7. The van der Waals surface area contributed by atoms with Crippen molar-refractivity contribution in [2.45, 2.75) is 19.8 Å². The Hall–Kier alpha value is -3.94. The summed E-state index contributed by atoms with van der Waals surface area (Å²) in [4.78, 5) is 55.0. The molecule has 8 rings (SSSR count). The van der Waals surface area contributed by atoms with E-state index in [2.05, 4.69) is 12.2 Å². The molecule has 2 heterocycles. The summed E-state index contributed by atoms with van der Waals surface area (Å²) >= 11 is 0. The molecular weight excluding hydrogens is 484 g/mol. The van der Waals surface area contributed by atoms with Crippen LogP contribution in [0, 0.1) is 41.4 Å². The highest BCUT2D eigenvalue weighted by molar-refractivity contribution is 6.22. The summed E-state index contributed by atoms with van der Waals surface area (Å²) in [7, 11) is 0. The predicted octanol–water partition coefficient (Wildman–Crippen LogP) is 3.60. The van der Waals surface area contributed by atoms with Gasteiger partial charge >= 0.3 is 5.97 Å². The van der Waals surface area contributed by atoms with Gasteiger partial charge in [0.15, 0.2) is 0 Å². The number of rotatable bonds is 6. The molecule has 6 aliphatic rings. The van der Waals surface area contributed by atoms with Gasteiger partial charge < -0.3 is 14.4 Å². The average Bonchev–Trinajstić information content (AvgIpc) is 3.60. The number of anilines is 2. The molecule has 2 aliphatic heterocycles. The van der Waals surface area contributed by atoms with E-state index in [0.717, 1.165) is 12.2 Å². The minimum absolute atomic E-state index is 0.0715. The standard InChI is InChI=1S/C30H28N2O6/c1-2-37-19-7-3-17(4-8-19)31-15-16(13-25(31)33)30(36)38-20-9-5-18(6-10-20)32-28(34)26-21-11-12-22(24-14-23(21)24)27(26)29(32)35/h3-12,16,21-24,26-27H,2,13-15H2,1H3/t16-,21+,22+,23+,24+,26-,27-/m1/s1. The first-order valence-electron chi connectivity index (χ1n) is 13.4. The molecule has 7 atom stereocenters. The maximum absolute atomic E-state index is 13.3. The Kier molecular flexibility index (Phi) is 5.22. The lowest BCUT2D eigenvalue weighted by Crippen LogP contribution is -2.40. The summed E-state index contributed by atoms with van der Waals surface area (Å²) in [5, 5.41) is 0. The van der Waals surface area contributed by atoms with Gasteiger partial charge in [-0.1, -0.05) is 12.2 Å². The van der Waals surface area contributed by atoms with Crippen LogP contribution in [-0.4, -0.2) is 36.8 Å². The second kappa shape index (κ2) is 8.55. The molecule has 2 saturated carbocycles. The van der Waals surface area contributed by atoms with Gasteiger partial charge in [0.25, 0.3) is 0 Å². The van der Waals surface area contributed by atoms with E-state index >= 15 is 0 Å². The molecule has 2 saturated heterocycles. The number of carbonyl (C=O) groups excluding carboxylic acids is 4. The fourth-order valence-electron chi connectivity index (χ4n) is 7.08. The highest BCUT2D eigenvalue weighted by atomic mass is 16.5. The van der Waals surface area contributed by atoms with E-state index in [9.17, 15) is 19.2 Å². The third-order valence-corrected chi connectivity index (χ3v) is 8.89. The van der Waals surface area contributed by atoms with Crippen molar-refractivity contribution in [1.29, 1.82) is 0 Å². The fourth-order valence-corrected chi connectivity index (χ4v) is 7.08. The SMILES string of the molecule is CCOc1ccc(N2C[C@H](C(=O)Oc3ccc(N4C(=O)[C@@H]5[C@H]6C=C[C@@H]([C@@H]7C[C@@H]67)[C@H]5C4=O)cc3)CC2=O)cc1. The number of imide groups is 1. The first kappa shape index (κ1) is 23.2. The minimum atomic E-state index is -0.590. The Balaban J connectivity index is 1.01. The van der Waals surface area contributed by atoms with Crippen LogP contribution < -0.4 is 19.3 Å². The molecule has 0 aromatic heterocycles. The molecular formula is C30H28N2O6. The first-order valence-corrected chi connectivity index (χ1v) is 13.4. The summed E-state index contributed by atoms with van der Waals surface area (Å²) in [5.74, 6) is 0.532. The Bertz CT molecular complexity index is 1330. The van der Waals surface area contributed by atoms with Crippen LogP contribution in [0.5, 0.6) is 11.5 Å². The number of benzene rings is 2. The zero-order chi connectivity index (χ0) is 26.1. The zero-order valence-corrected chi connectivity index (χ0v) is 21.0. The first-order chi connectivity index (χ1) is 18.4. The van der Waals surface area contributed by atoms with E-state index in [-0.39, 0.29) is 54.4 Å². The molecule has 4 fully saturated rings. The second-order valence-electron chi connectivity index (χ2n) is 10.9. The van der Waals surface area contributed by atoms with Crippen LogP contribution in [0.1, 0.15) is 19.8 Å². The lowest BCUT2D eigenvalue weighted by Gasteiger charge is -2.37. The number of nitrogens with zero attached hydrogens (tertiary/aromatic N) is 2. The molecule has 2 bridgehead atoms. The minimum Gasteiger partial charge on any atom is -0.494 e. The normalized spacial score (nSPS) is 32.4.